The highest BCUT2D eigenvalue weighted by Crippen LogP contribution is 2.24. The summed E-state index contributed by atoms with van der Waals surface area (Å²) < 4.78 is 36.4. The summed E-state index contributed by atoms with van der Waals surface area (Å²) in [6, 6.07) is 1.14. The van der Waals surface area contributed by atoms with Gasteiger partial charge in [-0.1, -0.05) is 6.42 Å². The van der Waals surface area contributed by atoms with Crippen molar-refractivity contribution in [1.82, 2.24) is 10.2 Å². The first kappa shape index (κ1) is 14.1. The molecule has 1 aliphatic heterocycles. The molecule has 0 aromatic carbocycles. The van der Waals surface area contributed by atoms with Crippen molar-refractivity contribution in [2.24, 2.45) is 0 Å². The van der Waals surface area contributed by atoms with E-state index in [1.165, 1.54) is 19.3 Å². The average molecular weight is 264 g/mol. The summed E-state index contributed by atoms with van der Waals surface area (Å²) in [5.41, 5.74) is 0. The minimum Gasteiger partial charge on any atom is -0.312 e. The molecule has 106 valence electrons. The molecular formula is C13H23F3N2. The van der Waals surface area contributed by atoms with Crippen molar-refractivity contribution >= 4 is 0 Å². The standard InChI is InChI=1S/C13H23F3N2/c14-13(15,16)7-3-9-18-8-2-1-4-12(18)10-17-11-5-6-11/h11-12,17H,1-10H2. The van der Waals surface area contributed by atoms with Gasteiger partial charge >= 0.3 is 6.18 Å². The predicted molar refractivity (Wildman–Crippen MR) is 65.5 cm³/mol. The van der Waals surface area contributed by atoms with Crippen molar-refractivity contribution in [2.45, 2.75) is 63.2 Å². The Morgan fingerprint density at radius 2 is 1.89 bits per heavy atom. The number of nitrogens with zero attached hydrogens (tertiary/aromatic N) is 1. The smallest absolute Gasteiger partial charge is 0.312 e. The second-order valence-electron chi connectivity index (χ2n) is 5.59. The first-order valence-corrected chi connectivity index (χ1v) is 7.09. The summed E-state index contributed by atoms with van der Waals surface area (Å²) in [4.78, 5) is 2.25. The SMILES string of the molecule is FC(F)(F)CCCN1CCCCC1CNC1CC1. The molecule has 1 atom stereocenters. The molecule has 1 aliphatic carbocycles. The maximum atomic E-state index is 12.1. The van der Waals surface area contributed by atoms with E-state index in [2.05, 4.69) is 10.2 Å². The summed E-state index contributed by atoms with van der Waals surface area (Å²) in [7, 11) is 0. The van der Waals surface area contributed by atoms with Crippen LogP contribution in [-0.4, -0.2) is 42.8 Å². The minimum atomic E-state index is -4.00. The van der Waals surface area contributed by atoms with E-state index in [9.17, 15) is 13.2 Å². The van der Waals surface area contributed by atoms with Gasteiger partial charge in [0.05, 0.1) is 0 Å². The van der Waals surface area contributed by atoms with Crippen LogP contribution in [0.25, 0.3) is 0 Å². The molecule has 2 fully saturated rings. The van der Waals surface area contributed by atoms with Crippen molar-refractivity contribution in [3.8, 4) is 0 Å². The highest BCUT2D eigenvalue weighted by Gasteiger charge is 2.29. The van der Waals surface area contributed by atoms with Crippen LogP contribution in [0.3, 0.4) is 0 Å². The van der Waals surface area contributed by atoms with Crippen LogP contribution in [0.4, 0.5) is 13.2 Å². The molecule has 2 aliphatic rings. The molecule has 18 heavy (non-hydrogen) atoms. The number of likely N-dealkylation sites (tertiary alicyclic amines) is 1. The van der Waals surface area contributed by atoms with Crippen molar-refractivity contribution in [3.63, 3.8) is 0 Å². The van der Waals surface area contributed by atoms with Gasteiger partial charge in [-0.15, -0.1) is 0 Å². The molecule has 0 radical (unpaired) electrons. The fourth-order valence-electron chi connectivity index (χ4n) is 2.66. The Morgan fingerprint density at radius 1 is 1.11 bits per heavy atom. The zero-order valence-electron chi connectivity index (χ0n) is 10.8. The molecule has 1 unspecified atom stereocenters. The number of nitrogens with one attached hydrogen (secondary N) is 1. The van der Waals surface area contributed by atoms with Crippen LogP contribution in [-0.2, 0) is 0 Å². The second kappa shape index (κ2) is 6.24. The monoisotopic (exact) mass is 264 g/mol. The van der Waals surface area contributed by atoms with Crippen LogP contribution in [0.5, 0.6) is 0 Å². The lowest BCUT2D eigenvalue weighted by Crippen LogP contribution is -2.46. The van der Waals surface area contributed by atoms with Gasteiger partial charge in [-0.2, -0.15) is 13.2 Å². The lowest BCUT2D eigenvalue weighted by atomic mass is 10.0. The number of hydrogen-bond acceptors (Lipinski definition) is 2. The van der Waals surface area contributed by atoms with Gasteiger partial charge < -0.3 is 5.32 Å². The Bertz CT molecular complexity index is 251. The highest BCUT2D eigenvalue weighted by atomic mass is 19.4. The van der Waals surface area contributed by atoms with Crippen molar-refractivity contribution in [3.05, 3.63) is 0 Å². The molecule has 1 saturated carbocycles. The Kier molecular flexibility index (Phi) is 4.90. The van der Waals surface area contributed by atoms with Gasteiger partial charge in [0, 0.05) is 25.0 Å². The second-order valence-corrected chi connectivity index (χ2v) is 5.59. The van der Waals surface area contributed by atoms with Gasteiger partial charge in [-0.3, -0.25) is 4.90 Å². The molecule has 5 heteroatoms. The molecule has 0 amide bonds. The van der Waals surface area contributed by atoms with Gasteiger partial charge in [0.1, 0.15) is 0 Å². The van der Waals surface area contributed by atoms with Crippen LogP contribution in [0.15, 0.2) is 0 Å². The van der Waals surface area contributed by atoms with E-state index in [4.69, 9.17) is 0 Å². The quantitative estimate of drug-likeness (QED) is 0.793. The van der Waals surface area contributed by atoms with Crippen LogP contribution >= 0.6 is 0 Å². The average Bonchev–Trinajstić information content (AvgIpc) is 3.10. The minimum absolute atomic E-state index is 0.240. The first-order chi connectivity index (χ1) is 8.54. The van der Waals surface area contributed by atoms with E-state index >= 15 is 0 Å². The van der Waals surface area contributed by atoms with Gasteiger partial charge in [0.2, 0.25) is 0 Å². The Balaban J connectivity index is 1.68. The van der Waals surface area contributed by atoms with E-state index in [1.54, 1.807) is 0 Å². The maximum absolute atomic E-state index is 12.1. The number of rotatable bonds is 6. The van der Waals surface area contributed by atoms with Gasteiger partial charge in [0.25, 0.3) is 0 Å². The largest absolute Gasteiger partial charge is 0.389 e. The molecule has 0 aromatic heterocycles. The van der Waals surface area contributed by atoms with Crippen LogP contribution < -0.4 is 5.32 Å². The molecule has 1 saturated heterocycles. The highest BCUT2D eigenvalue weighted by molar-refractivity contribution is 4.85. The Morgan fingerprint density at radius 3 is 2.56 bits per heavy atom. The van der Waals surface area contributed by atoms with Crippen LogP contribution in [0.2, 0.25) is 0 Å². The first-order valence-electron chi connectivity index (χ1n) is 7.09. The van der Waals surface area contributed by atoms with Gasteiger partial charge in [-0.05, 0) is 45.2 Å². The zero-order valence-corrected chi connectivity index (χ0v) is 10.8. The fourth-order valence-corrected chi connectivity index (χ4v) is 2.66. The number of hydrogen-bond donors (Lipinski definition) is 1. The van der Waals surface area contributed by atoms with E-state index in [-0.39, 0.29) is 6.42 Å². The molecule has 2 nitrogen and oxygen atoms in total. The molecular weight excluding hydrogens is 241 g/mol. The predicted octanol–water partition coefficient (Wildman–Crippen LogP) is 2.94. The molecule has 2 rings (SSSR count). The summed E-state index contributed by atoms with van der Waals surface area (Å²) in [5.74, 6) is 0. The number of halogens is 3. The lowest BCUT2D eigenvalue weighted by molar-refractivity contribution is -0.136. The Hall–Kier alpha value is -0.290. The van der Waals surface area contributed by atoms with Crippen LogP contribution in [0.1, 0.15) is 44.9 Å². The third kappa shape index (κ3) is 5.14. The summed E-state index contributed by atoms with van der Waals surface area (Å²) >= 11 is 0. The van der Waals surface area contributed by atoms with Crippen molar-refractivity contribution in [1.29, 1.82) is 0 Å². The van der Waals surface area contributed by atoms with Crippen molar-refractivity contribution in [2.75, 3.05) is 19.6 Å². The molecule has 0 aromatic rings. The van der Waals surface area contributed by atoms with Gasteiger partial charge in [0.15, 0.2) is 0 Å². The maximum Gasteiger partial charge on any atom is 0.389 e. The lowest BCUT2D eigenvalue weighted by Gasteiger charge is -2.36. The molecule has 0 bridgehead atoms. The molecule has 0 spiro atoms. The summed E-state index contributed by atoms with van der Waals surface area (Å²) in [6.07, 6.45) is 1.60. The number of piperidine rings is 1. The fraction of sp³-hybridized carbons (Fsp3) is 1.00. The molecule has 1 heterocycles. The van der Waals surface area contributed by atoms with E-state index < -0.39 is 12.6 Å². The van der Waals surface area contributed by atoms with E-state index in [0.29, 0.717) is 18.6 Å². The normalized spacial score (nSPS) is 26.5. The summed E-state index contributed by atoms with van der Waals surface area (Å²) in [6.45, 7) is 2.52. The molecule has 1 N–H and O–H groups in total. The topological polar surface area (TPSA) is 15.3 Å². The third-order valence-corrected chi connectivity index (χ3v) is 3.87. The van der Waals surface area contributed by atoms with Gasteiger partial charge in [-0.25, -0.2) is 0 Å². The van der Waals surface area contributed by atoms with Crippen molar-refractivity contribution < 1.29 is 13.2 Å². The summed E-state index contributed by atoms with van der Waals surface area (Å²) in [5, 5.41) is 3.50. The van der Waals surface area contributed by atoms with E-state index in [1.807, 2.05) is 0 Å². The van der Waals surface area contributed by atoms with Crippen LogP contribution in [0, 0.1) is 0 Å². The Labute approximate surface area is 107 Å². The third-order valence-electron chi connectivity index (χ3n) is 3.87. The van der Waals surface area contributed by atoms with E-state index in [0.717, 1.165) is 25.9 Å². The zero-order chi connectivity index (χ0) is 13.0. The number of alkyl halides is 3.